The Morgan fingerprint density at radius 3 is 2.87 bits per heavy atom. The van der Waals surface area contributed by atoms with Crippen molar-refractivity contribution in [3.8, 4) is 11.4 Å². The first-order valence-electron chi connectivity index (χ1n) is 5.01. The molecule has 15 heavy (non-hydrogen) atoms. The van der Waals surface area contributed by atoms with E-state index in [4.69, 9.17) is 4.74 Å². The standard InChI is InChI=1S/C12H14N2O/c1-10(2)15-12-5-3-4-11(8-12)14-7-6-13-9-14/h3-10H,1-2H3. The van der Waals surface area contributed by atoms with Gasteiger partial charge in [-0.3, -0.25) is 0 Å². The topological polar surface area (TPSA) is 27.1 Å². The Kier molecular flexibility index (Phi) is 2.72. The van der Waals surface area contributed by atoms with Crippen molar-refractivity contribution in [2.75, 3.05) is 0 Å². The number of hydrogen-bond donors (Lipinski definition) is 0. The second kappa shape index (κ2) is 4.17. The summed E-state index contributed by atoms with van der Waals surface area (Å²) in [5.41, 5.74) is 1.06. The Labute approximate surface area is 89.3 Å². The number of ether oxygens (including phenoxy) is 1. The molecule has 0 radical (unpaired) electrons. The molecule has 0 spiro atoms. The third kappa shape index (κ3) is 2.37. The van der Waals surface area contributed by atoms with Crippen LogP contribution in [0.25, 0.3) is 5.69 Å². The summed E-state index contributed by atoms with van der Waals surface area (Å²) in [6.45, 7) is 4.04. The van der Waals surface area contributed by atoms with Crippen molar-refractivity contribution in [3.63, 3.8) is 0 Å². The molecule has 1 heterocycles. The third-order valence-corrected chi connectivity index (χ3v) is 1.99. The molecule has 3 nitrogen and oxygen atoms in total. The van der Waals surface area contributed by atoms with Gasteiger partial charge in [-0.2, -0.15) is 0 Å². The number of imidazole rings is 1. The molecule has 2 aromatic rings. The summed E-state index contributed by atoms with van der Waals surface area (Å²) >= 11 is 0. The lowest BCUT2D eigenvalue weighted by atomic mass is 10.3. The lowest BCUT2D eigenvalue weighted by Gasteiger charge is -2.10. The fourth-order valence-electron chi connectivity index (χ4n) is 1.40. The summed E-state index contributed by atoms with van der Waals surface area (Å²) in [6, 6.07) is 7.96. The number of aromatic nitrogens is 2. The van der Waals surface area contributed by atoms with E-state index in [0.29, 0.717) is 0 Å². The maximum Gasteiger partial charge on any atom is 0.121 e. The quantitative estimate of drug-likeness (QED) is 0.765. The maximum atomic E-state index is 5.62. The third-order valence-electron chi connectivity index (χ3n) is 1.99. The SMILES string of the molecule is CC(C)Oc1cccc(-n2ccnc2)c1. The molecule has 1 aromatic carbocycles. The van der Waals surface area contributed by atoms with Crippen LogP contribution in [0.5, 0.6) is 5.75 Å². The molecular weight excluding hydrogens is 188 g/mol. The smallest absolute Gasteiger partial charge is 0.121 e. The van der Waals surface area contributed by atoms with E-state index in [9.17, 15) is 0 Å². The Hall–Kier alpha value is -1.77. The van der Waals surface area contributed by atoms with E-state index in [1.54, 1.807) is 12.5 Å². The summed E-state index contributed by atoms with van der Waals surface area (Å²) in [7, 11) is 0. The Morgan fingerprint density at radius 2 is 2.20 bits per heavy atom. The van der Waals surface area contributed by atoms with Gasteiger partial charge in [0, 0.05) is 18.5 Å². The van der Waals surface area contributed by atoms with Crippen LogP contribution in [-0.4, -0.2) is 15.7 Å². The lowest BCUT2D eigenvalue weighted by Crippen LogP contribution is -2.05. The summed E-state index contributed by atoms with van der Waals surface area (Å²) < 4.78 is 7.57. The molecule has 0 fully saturated rings. The monoisotopic (exact) mass is 202 g/mol. The van der Waals surface area contributed by atoms with Crippen LogP contribution in [0.1, 0.15) is 13.8 Å². The normalized spacial score (nSPS) is 10.6. The van der Waals surface area contributed by atoms with Crippen molar-refractivity contribution in [2.24, 2.45) is 0 Å². The number of benzene rings is 1. The molecule has 0 aliphatic heterocycles. The van der Waals surface area contributed by atoms with Gasteiger partial charge in [-0.1, -0.05) is 6.07 Å². The molecule has 0 bridgehead atoms. The van der Waals surface area contributed by atoms with E-state index >= 15 is 0 Å². The molecule has 0 amide bonds. The zero-order valence-electron chi connectivity index (χ0n) is 8.92. The highest BCUT2D eigenvalue weighted by molar-refractivity contribution is 5.39. The van der Waals surface area contributed by atoms with Crippen LogP contribution in [0.3, 0.4) is 0 Å². The molecular formula is C12H14N2O. The van der Waals surface area contributed by atoms with Crippen LogP contribution >= 0.6 is 0 Å². The zero-order valence-corrected chi connectivity index (χ0v) is 8.92. The molecule has 1 aromatic heterocycles. The van der Waals surface area contributed by atoms with Crippen LogP contribution in [0, 0.1) is 0 Å². The molecule has 3 heteroatoms. The average molecular weight is 202 g/mol. The van der Waals surface area contributed by atoms with Gasteiger partial charge in [0.25, 0.3) is 0 Å². The van der Waals surface area contributed by atoms with Crippen LogP contribution in [0.4, 0.5) is 0 Å². The minimum Gasteiger partial charge on any atom is -0.491 e. The van der Waals surface area contributed by atoms with E-state index in [-0.39, 0.29) is 6.10 Å². The predicted molar refractivity (Wildman–Crippen MR) is 59.3 cm³/mol. The van der Waals surface area contributed by atoms with Gasteiger partial charge >= 0.3 is 0 Å². The molecule has 0 aliphatic carbocycles. The molecule has 0 atom stereocenters. The van der Waals surface area contributed by atoms with Crippen molar-refractivity contribution in [1.29, 1.82) is 0 Å². The number of nitrogens with zero attached hydrogens (tertiary/aromatic N) is 2. The highest BCUT2D eigenvalue weighted by Gasteiger charge is 2.00. The largest absolute Gasteiger partial charge is 0.491 e. The first kappa shape index (κ1) is 9.77. The molecule has 0 saturated carbocycles. The zero-order chi connectivity index (χ0) is 10.7. The van der Waals surface area contributed by atoms with E-state index in [0.717, 1.165) is 11.4 Å². The molecule has 0 unspecified atom stereocenters. The minimum absolute atomic E-state index is 0.197. The van der Waals surface area contributed by atoms with Gasteiger partial charge in [0.15, 0.2) is 0 Å². The number of hydrogen-bond acceptors (Lipinski definition) is 2. The van der Waals surface area contributed by atoms with Crippen molar-refractivity contribution >= 4 is 0 Å². The van der Waals surface area contributed by atoms with Crippen LogP contribution in [0.2, 0.25) is 0 Å². The molecule has 0 saturated heterocycles. The first-order valence-corrected chi connectivity index (χ1v) is 5.01. The fraction of sp³-hybridized carbons (Fsp3) is 0.250. The van der Waals surface area contributed by atoms with Gasteiger partial charge < -0.3 is 9.30 Å². The second-order valence-electron chi connectivity index (χ2n) is 3.63. The first-order chi connectivity index (χ1) is 7.25. The maximum absolute atomic E-state index is 5.62. The minimum atomic E-state index is 0.197. The Balaban J connectivity index is 2.27. The van der Waals surface area contributed by atoms with Crippen molar-refractivity contribution < 1.29 is 4.74 Å². The van der Waals surface area contributed by atoms with Gasteiger partial charge in [-0.25, -0.2) is 4.98 Å². The van der Waals surface area contributed by atoms with E-state index in [2.05, 4.69) is 4.98 Å². The summed E-state index contributed by atoms with van der Waals surface area (Å²) in [5.74, 6) is 0.885. The van der Waals surface area contributed by atoms with Crippen molar-refractivity contribution in [2.45, 2.75) is 20.0 Å². The van der Waals surface area contributed by atoms with E-state index < -0.39 is 0 Å². The van der Waals surface area contributed by atoms with Crippen LogP contribution in [0.15, 0.2) is 43.0 Å². The van der Waals surface area contributed by atoms with Crippen molar-refractivity contribution in [1.82, 2.24) is 9.55 Å². The van der Waals surface area contributed by atoms with Crippen LogP contribution < -0.4 is 4.74 Å². The highest BCUT2D eigenvalue weighted by atomic mass is 16.5. The van der Waals surface area contributed by atoms with Crippen LogP contribution in [-0.2, 0) is 0 Å². The van der Waals surface area contributed by atoms with E-state index in [1.807, 2.05) is 48.9 Å². The molecule has 0 N–H and O–H groups in total. The Bertz CT molecular complexity index is 421. The average Bonchev–Trinajstić information content (AvgIpc) is 2.69. The van der Waals surface area contributed by atoms with E-state index in [1.165, 1.54) is 0 Å². The van der Waals surface area contributed by atoms with Gasteiger partial charge in [-0.15, -0.1) is 0 Å². The van der Waals surface area contributed by atoms with Gasteiger partial charge in [0.05, 0.1) is 18.1 Å². The molecule has 78 valence electrons. The lowest BCUT2D eigenvalue weighted by molar-refractivity contribution is 0.242. The van der Waals surface area contributed by atoms with Crippen molar-refractivity contribution in [3.05, 3.63) is 43.0 Å². The highest BCUT2D eigenvalue weighted by Crippen LogP contribution is 2.17. The number of rotatable bonds is 3. The second-order valence-corrected chi connectivity index (χ2v) is 3.63. The Morgan fingerprint density at radius 1 is 1.33 bits per heavy atom. The molecule has 2 rings (SSSR count). The summed E-state index contributed by atoms with van der Waals surface area (Å²) in [6.07, 6.45) is 5.64. The van der Waals surface area contributed by atoms with Gasteiger partial charge in [-0.05, 0) is 26.0 Å². The molecule has 0 aliphatic rings. The summed E-state index contributed by atoms with van der Waals surface area (Å²) in [4.78, 5) is 4.01. The predicted octanol–water partition coefficient (Wildman–Crippen LogP) is 2.66. The van der Waals surface area contributed by atoms with Gasteiger partial charge in [0.2, 0.25) is 0 Å². The fourth-order valence-corrected chi connectivity index (χ4v) is 1.40. The summed E-state index contributed by atoms with van der Waals surface area (Å²) in [5, 5.41) is 0. The van der Waals surface area contributed by atoms with Gasteiger partial charge in [0.1, 0.15) is 5.75 Å².